The average Bonchev–Trinajstić information content (AvgIpc) is 2.99. The molecule has 3 heterocycles. The van der Waals surface area contributed by atoms with Gasteiger partial charge < -0.3 is 19.5 Å². The number of carbonyl (C=O) groups is 1. The molecule has 0 radical (unpaired) electrons. The molecule has 32 heavy (non-hydrogen) atoms. The number of rotatable bonds is 6. The number of benzene rings is 1. The molecule has 1 atom stereocenters. The first-order valence-corrected chi connectivity index (χ1v) is 11.7. The molecule has 3 aliphatic heterocycles. The Morgan fingerprint density at radius 1 is 1.19 bits per heavy atom. The third-order valence-electron chi connectivity index (χ3n) is 7.20. The summed E-state index contributed by atoms with van der Waals surface area (Å²) in [5.74, 6) is -2.11. The van der Waals surface area contributed by atoms with Gasteiger partial charge in [0, 0.05) is 64.2 Å². The lowest BCUT2D eigenvalue weighted by atomic mass is 9.71. The summed E-state index contributed by atoms with van der Waals surface area (Å²) in [5.41, 5.74) is 0.931. The molecule has 4 rings (SSSR count). The summed E-state index contributed by atoms with van der Waals surface area (Å²) >= 11 is 0. The molecule has 8 heteroatoms. The second kappa shape index (κ2) is 10.0. The summed E-state index contributed by atoms with van der Waals surface area (Å²) in [6.45, 7) is 4.18. The van der Waals surface area contributed by atoms with Gasteiger partial charge in [-0.1, -0.05) is 12.1 Å². The van der Waals surface area contributed by atoms with Crippen LogP contribution in [0.2, 0.25) is 0 Å². The van der Waals surface area contributed by atoms with Gasteiger partial charge in [-0.05, 0) is 37.0 Å². The van der Waals surface area contributed by atoms with Gasteiger partial charge >= 0.3 is 0 Å². The van der Waals surface area contributed by atoms with Crippen molar-refractivity contribution >= 4 is 5.91 Å². The van der Waals surface area contributed by atoms with Crippen LogP contribution >= 0.6 is 0 Å². The number of halogens is 2. The van der Waals surface area contributed by atoms with Gasteiger partial charge in [-0.25, -0.2) is 8.78 Å². The molecule has 0 unspecified atom stereocenters. The number of hydrogen-bond donors (Lipinski definition) is 1. The van der Waals surface area contributed by atoms with Crippen LogP contribution in [0.5, 0.6) is 5.75 Å². The Balaban J connectivity index is 1.47. The smallest absolute Gasteiger partial charge is 0.249 e. The summed E-state index contributed by atoms with van der Waals surface area (Å²) < 4.78 is 38.8. The van der Waals surface area contributed by atoms with Crippen molar-refractivity contribution in [2.45, 2.75) is 44.6 Å². The molecule has 1 aromatic rings. The van der Waals surface area contributed by atoms with Crippen LogP contribution in [0.15, 0.2) is 24.3 Å². The van der Waals surface area contributed by atoms with Crippen LogP contribution in [0, 0.1) is 11.3 Å². The summed E-state index contributed by atoms with van der Waals surface area (Å²) in [4.78, 5) is 17.6. The number of ether oxygens (including phenoxy) is 2. The topological polar surface area (TPSA) is 62.2 Å². The van der Waals surface area contributed by atoms with Gasteiger partial charge in [-0.3, -0.25) is 9.69 Å². The summed E-state index contributed by atoms with van der Waals surface area (Å²) in [6.07, 6.45) is 1.62. The predicted molar refractivity (Wildman–Crippen MR) is 116 cm³/mol. The lowest BCUT2D eigenvalue weighted by molar-refractivity contribution is -0.140. The molecule has 0 aromatic heterocycles. The van der Waals surface area contributed by atoms with E-state index in [-0.39, 0.29) is 49.8 Å². The van der Waals surface area contributed by atoms with Crippen LogP contribution in [-0.2, 0) is 16.1 Å². The van der Waals surface area contributed by atoms with Gasteiger partial charge in [0.05, 0.1) is 12.5 Å². The highest BCUT2D eigenvalue weighted by Gasteiger charge is 2.51. The van der Waals surface area contributed by atoms with E-state index in [4.69, 9.17) is 14.6 Å². The summed E-state index contributed by atoms with van der Waals surface area (Å²) in [5, 5.41) is 8.98. The minimum atomic E-state index is -2.67. The van der Waals surface area contributed by atoms with Crippen LogP contribution in [-0.4, -0.2) is 79.3 Å². The fourth-order valence-corrected chi connectivity index (χ4v) is 5.48. The van der Waals surface area contributed by atoms with Crippen LogP contribution in [0.25, 0.3) is 0 Å². The van der Waals surface area contributed by atoms with Crippen molar-refractivity contribution < 1.29 is 28.2 Å². The summed E-state index contributed by atoms with van der Waals surface area (Å²) in [7, 11) is 0. The molecular formula is C24H34F2N2O4. The van der Waals surface area contributed by atoms with Crippen molar-refractivity contribution in [2.75, 3.05) is 52.6 Å². The van der Waals surface area contributed by atoms with E-state index in [2.05, 4.69) is 4.90 Å². The largest absolute Gasteiger partial charge is 0.491 e. The fourth-order valence-electron chi connectivity index (χ4n) is 5.48. The van der Waals surface area contributed by atoms with Crippen molar-refractivity contribution in [3.05, 3.63) is 29.8 Å². The lowest BCUT2D eigenvalue weighted by Gasteiger charge is -2.39. The first-order chi connectivity index (χ1) is 15.4. The first kappa shape index (κ1) is 23.4. The predicted octanol–water partition coefficient (Wildman–Crippen LogP) is 2.93. The molecule has 0 aliphatic carbocycles. The van der Waals surface area contributed by atoms with E-state index in [9.17, 15) is 13.6 Å². The number of likely N-dealkylation sites (tertiary alicyclic amines) is 2. The Bertz CT molecular complexity index is 785. The second-order valence-electron chi connectivity index (χ2n) is 9.45. The maximum Gasteiger partial charge on any atom is 0.249 e. The highest BCUT2D eigenvalue weighted by molar-refractivity contribution is 5.80. The number of carbonyl (C=O) groups excluding carboxylic acids is 1. The maximum absolute atomic E-state index is 13.9. The number of nitrogens with zero attached hydrogens (tertiary/aromatic N) is 2. The van der Waals surface area contributed by atoms with Gasteiger partial charge in [0.1, 0.15) is 12.4 Å². The normalized spacial score (nSPS) is 25.6. The number of hydrogen-bond acceptors (Lipinski definition) is 5. The lowest BCUT2D eigenvalue weighted by Crippen LogP contribution is -2.46. The third-order valence-corrected chi connectivity index (χ3v) is 7.20. The standard InChI is InChI=1S/C24H34F2N2O4/c25-24(26)5-2-9-28(10-6-24)22(30)21-17-27(18-23(21)7-12-31-13-8-23)16-19-3-1-4-20(15-19)32-14-11-29/h1,3-4,15,21,29H,2,5-14,16-18H2/t21-/m1/s1. The van der Waals surface area contributed by atoms with E-state index in [1.165, 1.54) is 0 Å². The van der Waals surface area contributed by atoms with E-state index in [1.54, 1.807) is 4.90 Å². The average molecular weight is 453 g/mol. The first-order valence-electron chi connectivity index (χ1n) is 11.7. The van der Waals surface area contributed by atoms with Crippen molar-refractivity contribution in [1.29, 1.82) is 0 Å². The van der Waals surface area contributed by atoms with Crippen molar-refractivity contribution in [1.82, 2.24) is 9.80 Å². The van der Waals surface area contributed by atoms with E-state index < -0.39 is 5.92 Å². The Morgan fingerprint density at radius 3 is 2.78 bits per heavy atom. The number of aliphatic hydroxyl groups excluding tert-OH is 1. The minimum absolute atomic E-state index is 0.0344. The van der Waals surface area contributed by atoms with Crippen molar-refractivity contribution in [3.8, 4) is 5.75 Å². The van der Waals surface area contributed by atoms with Crippen LogP contribution in [0.3, 0.4) is 0 Å². The molecule has 0 bridgehead atoms. The molecule has 178 valence electrons. The zero-order valence-corrected chi connectivity index (χ0v) is 18.6. The molecule has 1 aromatic carbocycles. The molecular weight excluding hydrogens is 418 g/mol. The molecule has 1 amide bonds. The highest BCUT2D eigenvalue weighted by Crippen LogP contribution is 2.46. The van der Waals surface area contributed by atoms with Crippen molar-refractivity contribution in [2.24, 2.45) is 11.3 Å². The van der Waals surface area contributed by atoms with Gasteiger partial charge in [0.15, 0.2) is 0 Å². The molecule has 1 spiro atoms. The monoisotopic (exact) mass is 452 g/mol. The van der Waals surface area contributed by atoms with Gasteiger partial charge in [0.2, 0.25) is 11.8 Å². The Morgan fingerprint density at radius 2 is 2.00 bits per heavy atom. The zero-order valence-electron chi connectivity index (χ0n) is 18.6. The Labute approximate surface area is 188 Å². The Hall–Kier alpha value is -1.77. The SMILES string of the molecule is O=C([C@H]1CN(Cc2cccc(OCCO)c2)CC12CCOCC2)N1CCCC(F)(F)CC1. The second-order valence-corrected chi connectivity index (χ2v) is 9.45. The molecule has 1 N–H and O–H groups in total. The number of aliphatic hydroxyl groups is 1. The van der Waals surface area contributed by atoms with Crippen LogP contribution in [0.1, 0.15) is 37.7 Å². The minimum Gasteiger partial charge on any atom is -0.491 e. The molecule has 0 saturated carbocycles. The summed E-state index contributed by atoms with van der Waals surface area (Å²) in [6, 6.07) is 7.81. The van der Waals surface area contributed by atoms with Crippen LogP contribution < -0.4 is 4.74 Å². The van der Waals surface area contributed by atoms with Gasteiger partial charge in [-0.15, -0.1) is 0 Å². The van der Waals surface area contributed by atoms with E-state index in [1.807, 2.05) is 24.3 Å². The highest BCUT2D eigenvalue weighted by atomic mass is 19.3. The quantitative estimate of drug-likeness (QED) is 0.719. The van der Waals surface area contributed by atoms with E-state index in [0.717, 1.165) is 30.7 Å². The number of amides is 1. The van der Waals surface area contributed by atoms with E-state index in [0.29, 0.717) is 39.3 Å². The van der Waals surface area contributed by atoms with Crippen LogP contribution in [0.4, 0.5) is 8.78 Å². The van der Waals surface area contributed by atoms with Crippen molar-refractivity contribution in [3.63, 3.8) is 0 Å². The van der Waals surface area contributed by atoms with Gasteiger partial charge in [0.25, 0.3) is 0 Å². The molecule has 6 nitrogen and oxygen atoms in total. The van der Waals surface area contributed by atoms with E-state index >= 15 is 0 Å². The molecule has 3 fully saturated rings. The Kier molecular flexibility index (Phi) is 7.32. The molecule has 3 saturated heterocycles. The van der Waals surface area contributed by atoms with Gasteiger partial charge in [-0.2, -0.15) is 0 Å². The third kappa shape index (κ3) is 5.41. The number of alkyl halides is 2. The fraction of sp³-hybridized carbons (Fsp3) is 0.708. The zero-order chi connectivity index (χ0) is 22.6. The maximum atomic E-state index is 13.9. The molecule has 3 aliphatic rings.